The third-order valence-corrected chi connectivity index (χ3v) is 2.97. The number of aromatic nitrogens is 2. The lowest BCUT2D eigenvalue weighted by molar-refractivity contribution is 0.0943. The Morgan fingerprint density at radius 3 is 2.27 bits per heavy atom. The molecular weight excluding hydrogens is 276 g/mol. The molecule has 1 aromatic heterocycles. The molecule has 0 spiro atoms. The van der Waals surface area contributed by atoms with E-state index in [4.69, 9.17) is 5.73 Å². The number of para-hydroxylation sites is 3. The Morgan fingerprint density at radius 1 is 1.05 bits per heavy atom. The van der Waals surface area contributed by atoms with Crippen LogP contribution in [-0.2, 0) is 0 Å². The van der Waals surface area contributed by atoms with E-state index in [0.29, 0.717) is 16.6 Å². The van der Waals surface area contributed by atoms with Gasteiger partial charge in [-0.25, -0.2) is 9.97 Å². The first-order valence-corrected chi connectivity index (χ1v) is 6.70. The van der Waals surface area contributed by atoms with Crippen molar-refractivity contribution < 1.29 is 4.79 Å². The monoisotopic (exact) mass is 292 g/mol. The maximum absolute atomic E-state index is 12.1. The molecule has 3 N–H and O–H groups in total. The highest BCUT2D eigenvalue weighted by molar-refractivity contribution is 6.06. The van der Waals surface area contributed by atoms with Crippen molar-refractivity contribution in [2.24, 2.45) is 5.73 Å². The Labute approximate surface area is 128 Å². The second-order valence-electron chi connectivity index (χ2n) is 4.65. The standard InChI is InChI=1S/C15H14N4O.C2H2/c1-9(16)17-15(20)10-5-4-8-13-14(10)19-12-7-3-2-6-11(12)18-13;1-2/h2-9H,16H2,1H3,(H,17,20);1-2H. The number of nitrogens with two attached hydrogens (primary N) is 1. The molecule has 3 aromatic rings. The average molecular weight is 292 g/mol. The normalized spacial score (nSPS) is 11.5. The van der Waals surface area contributed by atoms with Gasteiger partial charge in [0.25, 0.3) is 5.91 Å². The van der Waals surface area contributed by atoms with E-state index >= 15 is 0 Å². The molecule has 5 heteroatoms. The van der Waals surface area contributed by atoms with Gasteiger partial charge in [0.2, 0.25) is 0 Å². The van der Waals surface area contributed by atoms with E-state index in [1.165, 1.54) is 0 Å². The number of amides is 1. The number of terminal acetylenes is 1. The maximum atomic E-state index is 12.1. The average Bonchev–Trinajstić information content (AvgIpc) is 2.53. The summed E-state index contributed by atoms with van der Waals surface area (Å²) >= 11 is 0. The predicted molar refractivity (Wildman–Crippen MR) is 88.0 cm³/mol. The molecule has 0 saturated heterocycles. The molecule has 0 bridgehead atoms. The smallest absolute Gasteiger partial charge is 0.254 e. The fourth-order valence-electron chi connectivity index (χ4n) is 2.11. The minimum atomic E-state index is -0.411. The largest absolute Gasteiger partial charge is 0.337 e. The third-order valence-electron chi connectivity index (χ3n) is 2.97. The van der Waals surface area contributed by atoms with Crippen LogP contribution < -0.4 is 11.1 Å². The summed E-state index contributed by atoms with van der Waals surface area (Å²) in [5.41, 5.74) is 8.94. The van der Waals surface area contributed by atoms with E-state index in [2.05, 4.69) is 28.1 Å². The number of rotatable bonds is 2. The van der Waals surface area contributed by atoms with Crippen LogP contribution in [-0.4, -0.2) is 22.0 Å². The van der Waals surface area contributed by atoms with Gasteiger partial charge in [0.1, 0.15) is 5.52 Å². The highest BCUT2D eigenvalue weighted by Gasteiger charge is 2.13. The number of nitrogens with one attached hydrogen (secondary N) is 1. The summed E-state index contributed by atoms with van der Waals surface area (Å²) in [5, 5.41) is 2.67. The molecule has 1 atom stereocenters. The van der Waals surface area contributed by atoms with E-state index in [-0.39, 0.29) is 5.91 Å². The summed E-state index contributed by atoms with van der Waals surface area (Å²) in [6.07, 6.45) is 7.59. The van der Waals surface area contributed by atoms with Crippen molar-refractivity contribution in [1.29, 1.82) is 0 Å². The van der Waals surface area contributed by atoms with Gasteiger partial charge in [-0.3, -0.25) is 4.79 Å². The highest BCUT2D eigenvalue weighted by atomic mass is 16.1. The van der Waals surface area contributed by atoms with E-state index < -0.39 is 6.17 Å². The predicted octanol–water partition coefficient (Wildman–Crippen LogP) is 2.07. The topological polar surface area (TPSA) is 80.9 Å². The highest BCUT2D eigenvalue weighted by Crippen LogP contribution is 2.19. The van der Waals surface area contributed by atoms with Gasteiger partial charge >= 0.3 is 0 Å². The molecule has 1 heterocycles. The number of nitrogens with zero attached hydrogens (tertiary/aromatic N) is 2. The molecule has 1 unspecified atom stereocenters. The summed E-state index contributed by atoms with van der Waals surface area (Å²) in [6.45, 7) is 1.71. The van der Waals surface area contributed by atoms with Gasteiger partial charge in [0.15, 0.2) is 0 Å². The molecule has 5 nitrogen and oxygen atoms in total. The number of carbonyl (C=O) groups excluding carboxylic acids is 1. The van der Waals surface area contributed by atoms with Crippen LogP contribution in [0.1, 0.15) is 17.3 Å². The van der Waals surface area contributed by atoms with Crippen molar-refractivity contribution in [2.45, 2.75) is 13.1 Å². The summed E-state index contributed by atoms with van der Waals surface area (Å²) < 4.78 is 0. The Morgan fingerprint density at radius 2 is 1.64 bits per heavy atom. The molecule has 0 radical (unpaired) electrons. The van der Waals surface area contributed by atoms with Crippen LogP contribution in [0.2, 0.25) is 0 Å². The van der Waals surface area contributed by atoms with E-state index in [1.54, 1.807) is 19.1 Å². The molecule has 110 valence electrons. The van der Waals surface area contributed by atoms with E-state index in [0.717, 1.165) is 11.0 Å². The van der Waals surface area contributed by atoms with Crippen LogP contribution in [0.4, 0.5) is 0 Å². The minimum Gasteiger partial charge on any atom is -0.337 e. The number of hydrogen-bond acceptors (Lipinski definition) is 4. The van der Waals surface area contributed by atoms with Gasteiger partial charge < -0.3 is 11.1 Å². The molecular formula is C17H16N4O. The molecule has 22 heavy (non-hydrogen) atoms. The van der Waals surface area contributed by atoms with Crippen molar-refractivity contribution in [3.05, 3.63) is 48.0 Å². The zero-order chi connectivity index (χ0) is 16.1. The van der Waals surface area contributed by atoms with Crippen LogP contribution in [0.3, 0.4) is 0 Å². The van der Waals surface area contributed by atoms with Gasteiger partial charge in [0, 0.05) is 0 Å². The van der Waals surface area contributed by atoms with Gasteiger partial charge in [0.05, 0.1) is 28.3 Å². The fraction of sp³-hybridized carbons (Fsp3) is 0.118. The minimum absolute atomic E-state index is 0.241. The lowest BCUT2D eigenvalue weighted by Crippen LogP contribution is -2.38. The quantitative estimate of drug-likeness (QED) is 0.430. The Balaban J connectivity index is 0.000000847. The molecule has 0 aliphatic rings. The fourth-order valence-corrected chi connectivity index (χ4v) is 2.11. The first kappa shape index (κ1) is 15.4. The molecule has 0 aliphatic heterocycles. The third kappa shape index (κ3) is 3.03. The first-order chi connectivity index (χ1) is 10.6. The van der Waals surface area contributed by atoms with Gasteiger partial charge in [-0.05, 0) is 31.2 Å². The van der Waals surface area contributed by atoms with Crippen LogP contribution in [0.25, 0.3) is 22.1 Å². The van der Waals surface area contributed by atoms with Gasteiger partial charge in [-0.2, -0.15) is 0 Å². The van der Waals surface area contributed by atoms with Gasteiger partial charge in [-0.1, -0.05) is 18.2 Å². The summed E-state index contributed by atoms with van der Waals surface area (Å²) in [6, 6.07) is 12.9. The SMILES string of the molecule is C#C.CC(N)NC(=O)c1cccc2nc3ccccc3nc12. The molecule has 0 aliphatic carbocycles. The van der Waals surface area contributed by atoms with Crippen molar-refractivity contribution in [3.63, 3.8) is 0 Å². The zero-order valence-electron chi connectivity index (χ0n) is 12.2. The number of fused-ring (bicyclic) bond motifs is 2. The van der Waals surface area contributed by atoms with Crippen LogP contribution >= 0.6 is 0 Å². The van der Waals surface area contributed by atoms with Gasteiger partial charge in [-0.15, -0.1) is 12.8 Å². The Bertz CT molecular complexity index is 840. The lowest BCUT2D eigenvalue weighted by atomic mass is 10.1. The van der Waals surface area contributed by atoms with Crippen molar-refractivity contribution in [3.8, 4) is 12.8 Å². The number of hydrogen-bond donors (Lipinski definition) is 2. The zero-order valence-corrected chi connectivity index (χ0v) is 12.2. The summed E-state index contributed by atoms with van der Waals surface area (Å²) in [5.74, 6) is -0.241. The second-order valence-corrected chi connectivity index (χ2v) is 4.65. The maximum Gasteiger partial charge on any atom is 0.254 e. The van der Waals surface area contributed by atoms with E-state index in [9.17, 15) is 4.79 Å². The number of benzene rings is 2. The molecule has 1 amide bonds. The van der Waals surface area contributed by atoms with Crippen molar-refractivity contribution >= 4 is 28.0 Å². The second kappa shape index (κ2) is 6.66. The van der Waals surface area contributed by atoms with E-state index in [1.807, 2.05) is 30.3 Å². The molecule has 2 aromatic carbocycles. The summed E-state index contributed by atoms with van der Waals surface area (Å²) in [7, 11) is 0. The summed E-state index contributed by atoms with van der Waals surface area (Å²) in [4.78, 5) is 21.2. The van der Waals surface area contributed by atoms with Crippen molar-refractivity contribution in [2.75, 3.05) is 0 Å². The van der Waals surface area contributed by atoms with Crippen LogP contribution in [0.15, 0.2) is 42.5 Å². The first-order valence-electron chi connectivity index (χ1n) is 6.70. The molecule has 3 rings (SSSR count). The Kier molecular flexibility index (Phi) is 4.66. The molecule has 0 fully saturated rings. The van der Waals surface area contributed by atoms with Crippen LogP contribution in [0, 0.1) is 12.8 Å². The van der Waals surface area contributed by atoms with Crippen molar-refractivity contribution in [1.82, 2.24) is 15.3 Å². The molecule has 0 saturated carbocycles. The van der Waals surface area contributed by atoms with Crippen LogP contribution in [0.5, 0.6) is 0 Å². The lowest BCUT2D eigenvalue weighted by Gasteiger charge is -2.10. The number of carbonyl (C=O) groups is 1. The Hall–Kier alpha value is -2.97.